The SMILES string of the molecule is C=C/C=C\c1cc(C2CCCC2)ccc1C. The normalized spacial score (nSPS) is 17.1. The molecule has 0 heterocycles. The molecule has 0 aliphatic heterocycles. The molecule has 2 rings (SSSR count). The standard InChI is InChI=1S/C16H20/c1-3-4-7-15-12-16(11-10-13(15)2)14-8-5-6-9-14/h3-4,7,10-12,14H,1,5-6,8-9H2,2H3/b7-4-. The zero-order valence-electron chi connectivity index (χ0n) is 10.1. The van der Waals surface area contributed by atoms with Gasteiger partial charge in [-0.2, -0.15) is 0 Å². The number of hydrogen-bond donors (Lipinski definition) is 0. The summed E-state index contributed by atoms with van der Waals surface area (Å²) < 4.78 is 0. The molecule has 0 unspecified atom stereocenters. The van der Waals surface area contributed by atoms with Crippen molar-refractivity contribution in [1.82, 2.24) is 0 Å². The largest absolute Gasteiger partial charge is 0.0991 e. The van der Waals surface area contributed by atoms with Crippen molar-refractivity contribution >= 4 is 6.08 Å². The summed E-state index contributed by atoms with van der Waals surface area (Å²) in [4.78, 5) is 0. The van der Waals surface area contributed by atoms with Crippen LogP contribution in [0.1, 0.15) is 48.3 Å². The molecular formula is C16H20. The highest BCUT2D eigenvalue weighted by Gasteiger charge is 2.17. The first-order valence-corrected chi connectivity index (χ1v) is 6.21. The van der Waals surface area contributed by atoms with Gasteiger partial charge in [-0.3, -0.25) is 0 Å². The summed E-state index contributed by atoms with van der Waals surface area (Å²) in [6, 6.07) is 6.90. The van der Waals surface area contributed by atoms with Gasteiger partial charge in [0.1, 0.15) is 0 Å². The Kier molecular flexibility index (Phi) is 3.61. The molecule has 1 aliphatic carbocycles. The van der Waals surface area contributed by atoms with Crippen LogP contribution in [0.3, 0.4) is 0 Å². The van der Waals surface area contributed by atoms with Crippen molar-refractivity contribution in [1.29, 1.82) is 0 Å². The minimum atomic E-state index is 0.802. The van der Waals surface area contributed by atoms with Gasteiger partial charge in [0, 0.05) is 0 Å². The molecule has 1 fully saturated rings. The van der Waals surface area contributed by atoms with E-state index in [4.69, 9.17) is 0 Å². The first kappa shape index (κ1) is 11.2. The van der Waals surface area contributed by atoms with Crippen LogP contribution in [-0.4, -0.2) is 0 Å². The van der Waals surface area contributed by atoms with Crippen LogP contribution in [0.4, 0.5) is 0 Å². The summed E-state index contributed by atoms with van der Waals surface area (Å²) in [5.41, 5.74) is 4.20. The highest BCUT2D eigenvalue weighted by Crippen LogP contribution is 2.34. The third kappa shape index (κ3) is 2.44. The number of aryl methyl sites for hydroxylation is 1. The summed E-state index contributed by atoms with van der Waals surface area (Å²) in [6.45, 7) is 5.89. The fraction of sp³-hybridized carbons (Fsp3) is 0.375. The Morgan fingerprint density at radius 2 is 2.00 bits per heavy atom. The van der Waals surface area contributed by atoms with Crippen molar-refractivity contribution in [3.05, 3.63) is 53.6 Å². The van der Waals surface area contributed by atoms with Crippen LogP contribution in [0, 0.1) is 6.92 Å². The van der Waals surface area contributed by atoms with E-state index in [1.165, 1.54) is 42.4 Å². The molecular weight excluding hydrogens is 192 g/mol. The molecule has 0 amide bonds. The van der Waals surface area contributed by atoms with E-state index in [1.54, 1.807) is 0 Å². The topological polar surface area (TPSA) is 0 Å². The van der Waals surface area contributed by atoms with Crippen LogP contribution in [0.5, 0.6) is 0 Å². The summed E-state index contributed by atoms with van der Waals surface area (Å²) in [7, 11) is 0. The predicted molar refractivity (Wildman–Crippen MR) is 71.6 cm³/mol. The van der Waals surface area contributed by atoms with Crippen molar-refractivity contribution in [2.75, 3.05) is 0 Å². The Morgan fingerprint density at radius 3 is 2.69 bits per heavy atom. The maximum Gasteiger partial charge on any atom is -0.0162 e. The van der Waals surface area contributed by atoms with Crippen LogP contribution in [0.2, 0.25) is 0 Å². The molecule has 0 aromatic heterocycles. The van der Waals surface area contributed by atoms with Gasteiger partial charge in [-0.05, 0) is 42.4 Å². The first-order chi connectivity index (χ1) is 7.81. The highest BCUT2D eigenvalue weighted by atomic mass is 14.2. The Bertz CT molecular complexity index is 392. The van der Waals surface area contributed by atoms with E-state index in [9.17, 15) is 0 Å². The number of allylic oxidation sites excluding steroid dienone is 2. The maximum atomic E-state index is 3.72. The second-order valence-corrected chi connectivity index (χ2v) is 4.69. The van der Waals surface area contributed by atoms with Crippen LogP contribution in [0.25, 0.3) is 6.08 Å². The third-order valence-electron chi connectivity index (χ3n) is 3.54. The molecule has 0 radical (unpaired) electrons. The van der Waals surface area contributed by atoms with Gasteiger partial charge in [-0.15, -0.1) is 0 Å². The smallest absolute Gasteiger partial charge is 0.0162 e. The lowest BCUT2D eigenvalue weighted by atomic mass is 9.94. The van der Waals surface area contributed by atoms with E-state index >= 15 is 0 Å². The van der Waals surface area contributed by atoms with Crippen molar-refractivity contribution in [2.45, 2.75) is 38.5 Å². The quantitative estimate of drug-likeness (QED) is 0.628. The van der Waals surface area contributed by atoms with Crippen molar-refractivity contribution in [3.63, 3.8) is 0 Å². The average molecular weight is 212 g/mol. The predicted octanol–water partition coefficient (Wildman–Crippen LogP) is 4.85. The van der Waals surface area contributed by atoms with Crippen LogP contribution in [-0.2, 0) is 0 Å². The minimum Gasteiger partial charge on any atom is -0.0991 e. The van der Waals surface area contributed by atoms with Crippen LogP contribution in [0.15, 0.2) is 36.9 Å². The molecule has 1 aromatic rings. The molecule has 0 bridgehead atoms. The molecule has 0 spiro atoms. The number of rotatable bonds is 3. The summed E-state index contributed by atoms with van der Waals surface area (Å²) >= 11 is 0. The van der Waals surface area contributed by atoms with Gasteiger partial charge in [-0.25, -0.2) is 0 Å². The van der Waals surface area contributed by atoms with Crippen LogP contribution < -0.4 is 0 Å². The van der Waals surface area contributed by atoms with E-state index in [0.717, 1.165) is 5.92 Å². The zero-order valence-corrected chi connectivity index (χ0v) is 10.1. The molecule has 0 heteroatoms. The summed E-state index contributed by atoms with van der Waals surface area (Å²) in [5.74, 6) is 0.802. The maximum absolute atomic E-state index is 3.72. The van der Waals surface area contributed by atoms with Gasteiger partial charge in [0.05, 0.1) is 0 Å². The molecule has 1 aromatic carbocycles. The Hall–Kier alpha value is -1.30. The second-order valence-electron chi connectivity index (χ2n) is 4.69. The van der Waals surface area contributed by atoms with Crippen molar-refractivity contribution < 1.29 is 0 Å². The fourth-order valence-electron chi connectivity index (χ4n) is 2.52. The number of benzene rings is 1. The monoisotopic (exact) mass is 212 g/mol. The van der Waals surface area contributed by atoms with E-state index in [1.807, 2.05) is 12.2 Å². The lowest BCUT2D eigenvalue weighted by Crippen LogP contribution is -1.93. The van der Waals surface area contributed by atoms with Gasteiger partial charge < -0.3 is 0 Å². The molecule has 0 atom stereocenters. The molecule has 0 saturated heterocycles. The lowest BCUT2D eigenvalue weighted by molar-refractivity contribution is 0.723. The van der Waals surface area contributed by atoms with Gasteiger partial charge in [-0.1, -0.05) is 55.8 Å². The van der Waals surface area contributed by atoms with E-state index in [0.29, 0.717) is 0 Å². The third-order valence-corrected chi connectivity index (χ3v) is 3.54. The zero-order chi connectivity index (χ0) is 11.4. The lowest BCUT2D eigenvalue weighted by Gasteiger charge is -2.11. The van der Waals surface area contributed by atoms with Crippen molar-refractivity contribution in [3.8, 4) is 0 Å². The van der Waals surface area contributed by atoms with Gasteiger partial charge in [0.25, 0.3) is 0 Å². The van der Waals surface area contributed by atoms with Gasteiger partial charge >= 0.3 is 0 Å². The summed E-state index contributed by atoms with van der Waals surface area (Å²) in [5, 5.41) is 0. The fourth-order valence-corrected chi connectivity index (χ4v) is 2.52. The van der Waals surface area contributed by atoms with Crippen molar-refractivity contribution in [2.24, 2.45) is 0 Å². The summed E-state index contributed by atoms with van der Waals surface area (Å²) in [6.07, 6.45) is 11.5. The Morgan fingerprint density at radius 1 is 1.25 bits per heavy atom. The minimum absolute atomic E-state index is 0.802. The second kappa shape index (κ2) is 5.16. The highest BCUT2D eigenvalue weighted by molar-refractivity contribution is 5.56. The van der Waals surface area contributed by atoms with Crippen LogP contribution >= 0.6 is 0 Å². The Labute approximate surface area is 98.7 Å². The van der Waals surface area contributed by atoms with E-state index in [-0.39, 0.29) is 0 Å². The molecule has 1 aliphatic rings. The first-order valence-electron chi connectivity index (χ1n) is 6.21. The molecule has 0 nitrogen and oxygen atoms in total. The van der Waals surface area contributed by atoms with Gasteiger partial charge in [0.15, 0.2) is 0 Å². The van der Waals surface area contributed by atoms with E-state index < -0.39 is 0 Å². The van der Waals surface area contributed by atoms with Gasteiger partial charge in [0.2, 0.25) is 0 Å². The molecule has 16 heavy (non-hydrogen) atoms. The molecule has 84 valence electrons. The number of hydrogen-bond acceptors (Lipinski definition) is 0. The molecule has 0 N–H and O–H groups in total. The average Bonchev–Trinajstić information content (AvgIpc) is 2.81. The Balaban J connectivity index is 2.26. The van der Waals surface area contributed by atoms with E-state index in [2.05, 4.69) is 37.8 Å². The molecule has 1 saturated carbocycles.